The van der Waals surface area contributed by atoms with E-state index in [0.29, 0.717) is 17.1 Å². The van der Waals surface area contributed by atoms with E-state index in [-0.39, 0.29) is 13.1 Å². The molecule has 4 rings (SSSR count). The van der Waals surface area contributed by atoms with Gasteiger partial charge in [-0.25, -0.2) is 4.79 Å². The van der Waals surface area contributed by atoms with E-state index in [4.69, 9.17) is 10.5 Å². The SMILES string of the molecule is NC(=O)C1CN(C(=O)Cn2nnn(-c3ccccc3)c2=O)c2ccccc2O1. The average molecular weight is 380 g/mol. The molecule has 28 heavy (non-hydrogen) atoms. The molecule has 0 fully saturated rings. The van der Waals surface area contributed by atoms with E-state index in [9.17, 15) is 14.4 Å². The number of primary amides is 1. The number of rotatable bonds is 4. The number of carbonyl (C=O) groups excluding carboxylic acids is 2. The number of nitrogens with zero attached hydrogens (tertiary/aromatic N) is 5. The first-order valence-electron chi connectivity index (χ1n) is 8.48. The molecule has 1 unspecified atom stereocenters. The maximum Gasteiger partial charge on any atom is 0.368 e. The van der Waals surface area contributed by atoms with Gasteiger partial charge in [0.25, 0.3) is 5.91 Å². The number of benzene rings is 2. The summed E-state index contributed by atoms with van der Waals surface area (Å²) in [6.07, 6.45) is -0.976. The number of para-hydroxylation sites is 3. The molecule has 142 valence electrons. The van der Waals surface area contributed by atoms with E-state index in [1.54, 1.807) is 48.5 Å². The monoisotopic (exact) mass is 380 g/mol. The van der Waals surface area contributed by atoms with Crippen molar-refractivity contribution in [1.82, 2.24) is 19.8 Å². The third-order valence-electron chi connectivity index (χ3n) is 4.32. The van der Waals surface area contributed by atoms with Crippen LogP contribution in [0.1, 0.15) is 0 Å². The molecular weight excluding hydrogens is 364 g/mol. The Labute approximate surface area is 158 Å². The summed E-state index contributed by atoms with van der Waals surface area (Å²) in [7, 11) is 0. The van der Waals surface area contributed by atoms with Gasteiger partial charge in [0.05, 0.1) is 17.9 Å². The number of nitrogens with two attached hydrogens (primary N) is 1. The third kappa shape index (κ3) is 3.11. The molecule has 2 amide bonds. The number of aromatic nitrogens is 4. The quantitative estimate of drug-likeness (QED) is 0.663. The summed E-state index contributed by atoms with van der Waals surface area (Å²) in [6, 6.07) is 15.5. The van der Waals surface area contributed by atoms with Crippen LogP contribution in [-0.4, -0.2) is 44.3 Å². The van der Waals surface area contributed by atoms with Crippen molar-refractivity contribution in [3.63, 3.8) is 0 Å². The molecular formula is C18H16N6O4. The molecule has 0 bridgehead atoms. The molecule has 10 heteroatoms. The van der Waals surface area contributed by atoms with Crippen LogP contribution in [-0.2, 0) is 16.1 Å². The lowest BCUT2D eigenvalue weighted by atomic mass is 10.1. The van der Waals surface area contributed by atoms with E-state index in [2.05, 4.69) is 10.4 Å². The Kier molecular flexibility index (Phi) is 4.36. The zero-order valence-electron chi connectivity index (χ0n) is 14.6. The Morgan fingerprint density at radius 1 is 1.07 bits per heavy atom. The fraction of sp³-hybridized carbons (Fsp3) is 0.167. The van der Waals surface area contributed by atoms with Gasteiger partial charge in [0.15, 0.2) is 6.10 Å². The van der Waals surface area contributed by atoms with Crippen molar-refractivity contribution in [3.05, 3.63) is 65.1 Å². The largest absolute Gasteiger partial charge is 0.477 e. The molecule has 1 aliphatic heterocycles. The summed E-state index contributed by atoms with van der Waals surface area (Å²) in [5.41, 5.74) is 5.83. The number of fused-ring (bicyclic) bond motifs is 1. The van der Waals surface area contributed by atoms with Gasteiger partial charge in [-0.3, -0.25) is 9.59 Å². The number of hydrogen-bond donors (Lipinski definition) is 1. The Morgan fingerprint density at radius 3 is 2.54 bits per heavy atom. The summed E-state index contributed by atoms with van der Waals surface area (Å²) in [6.45, 7) is -0.391. The van der Waals surface area contributed by atoms with Crippen LogP contribution in [0.2, 0.25) is 0 Å². The third-order valence-corrected chi connectivity index (χ3v) is 4.32. The van der Waals surface area contributed by atoms with Crippen molar-refractivity contribution >= 4 is 17.5 Å². The molecule has 0 saturated heterocycles. The lowest BCUT2D eigenvalue weighted by Crippen LogP contribution is -2.50. The van der Waals surface area contributed by atoms with Crippen molar-refractivity contribution in [2.24, 2.45) is 5.73 Å². The Morgan fingerprint density at radius 2 is 1.79 bits per heavy atom. The maximum atomic E-state index is 12.9. The summed E-state index contributed by atoms with van der Waals surface area (Å²) in [5, 5.41) is 7.60. The van der Waals surface area contributed by atoms with Gasteiger partial charge in [0.2, 0.25) is 5.91 Å². The van der Waals surface area contributed by atoms with E-state index in [0.717, 1.165) is 9.36 Å². The molecule has 2 N–H and O–H groups in total. The highest BCUT2D eigenvalue weighted by atomic mass is 16.5. The molecule has 3 aromatic rings. The molecule has 1 aromatic heterocycles. The highest BCUT2D eigenvalue weighted by molar-refractivity contribution is 5.96. The van der Waals surface area contributed by atoms with Gasteiger partial charge in [-0.2, -0.15) is 9.36 Å². The minimum atomic E-state index is -0.976. The summed E-state index contributed by atoms with van der Waals surface area (Å²) < 4.78 is 7.61. The number of carbonyl (C=O) groups is 2. The van der Waals surface area contributed by atoms with Crippen molar-refractivity contribution < 1.29 is 14.3 Å². The minimum Gasteiger partial charge on any atom is -0.477 e. The van der Waals surface area contributed by atoms with Gasteiger partial charge >= 0.3 is 5.69 Å². The van der Waals surface area contributed by atoms with Crippen molar-refractivity contribution in [3.8, 4) is 11.4 Å². The lowest BCUT2D eigenvalue weighted by Gasteiger charge is -2.33. The summed E-state index contributed by atoms with van der Waals surface area (Å²) in [5.74, 6) is -0.755. The second-order valence-electron chi connectivity index (χ2n) is 6.15. The minimum absolute atomic E-state index is 0.0489. The van der Waals surface area contributed by atoms with Gasteiger partial charge in [-0.15, -0.1) is 0 Å². The van der Waals surface area contributed by atoms with Crippen molar-refractivity contribution in [1.29, 1.82) is 0 Å². The Bertz CT molecular complexity index is 1090. The number of tetrazole rings is 1. The lowest BCUT2D eigenvalue weighted by molar-refractivity contribution is -0.125. The highest BCUT2D eigenvalue weighted by Gasteiger charge is 2.33. The molecule has 1 atom stereocenters. The first kappa shape index (κ1) is 17.5. The molecule has 1 aliphatic rings. The van der Waals surface area contributed by atoms with Crippen LogP contribution >= 0.6 is 0 Å². The van der Waals surface area contributed by atoms with Crippen molar-refractivity contribution in [2.75, 3.05) is 11.4 Å². The number of ether oxygens (including phenoxy) is 1. The van der Waals surface area contributed by atoms with Crippen LogP contribution in [0.15, 0.2) is 59.4 Å². The summed E-state index contributed by atoms with van der Waals surface area (Å²) in [4.78, 5) is 38.4. The van der Waals surface area contributed by atoms with E-state index in [1.807, 2.05) is 6.07 Å². The fourth-order valence-electron chi connectivity index (χ4n) is 2.94. The van der Waals surface area contributed by atoms with Crippen LogP contribution in [0.25, 0.3) is 5.69 Å². The molecule has 10 nitrogen and oxygen atoms in total. The molecule has 0 aliphatic carbocycles. The fourth-order valence-corrected chi connectivity index (χ4v) is 2.94. The van der Waals surface area contributed by atoms with Crippen LogP contribution in [0.5, 0.6) is 5.75 Å². The smallest absolute Gasteiger partial charge is 0.368 e. The molecule has 0 saturated carbocycles. The van der Waals surface area contributed by atoms with Crippen LogP contribution < -0.4 is 21.1 Å². The second kappa shape index (κ2) is 6.99. The number of anilines is 1. The Hall–Kier alpha value is -3.95. The molecule has 2 aromatic carbocycles. The zero-order valence-corrected chi connectivity index (χ0v) is 14.6. The topological polar surface area (TPSA) is 125 Å². The summed E-state index contributed by atoms with van der Waals surface area (Å²) >= 11 is 0. The number of amides is 2. The zero-order chi connectivity index (χ0) is 19.7. The van der Waals surface area contributed by atoms with Gasteiger partial charge in [-0.05, 0) is 34.7 Å². The predicted octanol–water partition coefficient (Wildman–Crippen LogP) is -0.291. The predicted molar refractivity (Wildman–Crippen MR) is 98.0 cm³/mol. The highest BCUT2D eigenvalue weighted by Crippen LogP contribution is 2.33. The van der Waals surface area contributed by atoms with Crippen LogP contribution in [0.4, 0.5) is 5.69 Å². The van der Waals surface area contributed by atoms with Gasteiger partial charge < -0.3 is 15.4 Å². The normalized spacial score (nSPS) is 15.6. The van der Waals surface area contributed by atoms with Crippen molar-refractivity contribution in [2.45, 2.75) is 12.6 Å². The van der Waals surface area contributed by atoms with Gasteiger partial charge in [-0.1, -0.05) is 30.3 Å². The van der Waals surface area contributed by atoms with Gasteiger partial charge in [0.1, 0.15) is 12.3 Å². The average Bonchev–Trinajstić information content (AvgIpc) is 3.07. The first-order chi connectivity index (χ1) is 13.5. The number of hydrogen-bond acceptors (Lipinski definition) is 6. The maximum absolute atomic E-state index is 12.9. The van der Waals surface area contributed by atoms with Crippen LogP contribution in [0, 0.1) is 0 Å². The standard InChI is InChI=1S/C18H16N6O4/c19-17(26)15-10-22(13-8-4-5-9-14(13)28-15)16(25)11-23-18(27)24(21-20-23)12-6-2-1-3-7-12/h1-9,15H,10-11H2,(H2,19,26). The molecule has 0 spiro atoms. The van der Waals surface area contributed by atoms with Crippen LogP contribution in [0.3, 0.4) is 0 Å². The van der Waals surface area contributed by atoms with E-state index in [1.165, 1.54) is 4.90 Å². The Balaban J connectivity index is 1.61. The second-order valence-corrected chi connectivity index (χ2v) is 6.15. The molecule has 2 heterocycles. The van der Waals surface area contributed by atoms with Gasteiger partial charge in [0, 0.05) is 0 Å². The van der Waals surface area contributed by atoms with E-state index >= 15 is 0 Å². The first-order valence-corrected chi connectivity index (χ1v) is 8.48. The van der Waals surface area contributed by atoms with E-state index < -0.39 is 23.6 Å². The molecule has 0 radical (unpaired) electrons.